The predicted molar refractivity (Wildman–Crippen MR) is 106 cm³/mol. The molecular formula is C23H35NO2. The molecule has 144 valence electrons. The lowest BCUT2D eigenvalue weighted by atomic mass is 9.48. The summed E-state index contributed by atoms with van der Waals surface area (Å²) in [4.78, 5) is 0. The Morgan fingerprint density at radius 3 is 2.12 bits per heavy atom. The Bertz CT molecular complexity index is 591. The molecular weight excluding hydrogens is 322 g/mol. The Hall–Kier alpha value is -1.22. The summed E-state index contributed by atoms with van der Waals surface area (Å²) >= 11 is 0. The van der Waals surface area contributed by atoms with Gasteiger partial charge in [0.05, 0.1) is 13.2 Å². The standard InChI is InChI=1S/C23H35NO2/c1-4-25-21-7-6-17(11-22(21)26-5-2)15-24-16(3)23-12-18-8-19(13-23)10-20(9-18)14-23/h6-7,11,16,18-20,24H,4-5,8-10,12-15H2,1-3H3/t16-,18?,19?,20?,23?/m0/s1. The van der Waals surface area contributed by atoms with Gasteiger partial charge in [0, 0.05) is 12.6 Å². The molecule has 0 heterocycles. The van der Waals surface area contributed by atoms with E-state index in [0.717, 1.165) is 35.8 Å². The zero-order valence-corrected chi connectivity index (χ0v) is 16.7. The molecule has 4 aliphatic rings. The van der Waals surface area contributed by atoms with Crippen LogP contribution in [0.2, 0.25) is 0 Å². The van der Waals surface area contributed by atoms with E-state index in [1.54, 1.807) is 0 Å². The molecule has 0 spiro atoms. The lowest BCUT2D eigenvalue weighted by molar-refractivity contribution is -0.0706. The Morgan fingerprint density at radius 1 is 0.962 bits per heavy atom. The zero-order chi connectivity index (χ0) is 18.1. The van der Waals surface area contributed by atoms with Crippen LogP contribution in [0.4, 0.5) is 0 Å². The molecule has 5 rings (SSSR count). The van der Waals surface area contributed by atoms with Crippen LogP contribution in [0.25, 0.3) is 0 Å². The van der Waals surface area contributed by atoms with E-state index in [-0.39, 0.29) is 0 Å². The van der Waals surface area contributed by atoms with Gasteiger partial charge in [-0.25, -0.2) is 0 Å². The van der Waals surface area contributed by atoms with E-state index in [9.17, 15) is 0 Å². The van der Waals surface area contributed by atoms with Gasteiger partial charge < -0.3 is 14.8 Å². The first kappa shape index (κ1) is 18.2. The molecule has 0 aromatic heterocycles. The highest BCUT2D eigenvalue weighted by atomic mass is 16.5. The number of ether oxygens (including phenoxy) is 2. The Balaban J connectivity index is 1.41. The van der Waals surface area contributed by atoms with Crippen LogP contribution >= 0.6 is 0 Å². The second-order valence-corrected chi connectivity index (χ2v) is 9.03. The summed E-state index contributed by atoms with van der Waals surface area (Å²) in [6.45, 7) is 8.72. The first-order valence-electron chi connectivity index (χ1n) is 10.7. The van der Waals surface area contributed by atoms with Crippen molar-refractivity contribution < 1.29 is 9.47 Å². The van der Waals surface area contributed by atoms with Gasteiger partial charge in [0.1, 0.15) is 0 Å². The molecule has 1 N–H and O–H groups in total. The summed E-state index contributed by atoms with van der Waals surface area (Å²) in [6, 6.07) is 6.97. The van der Waals surface area contributed by atoms with E-state index in [0.29, 0.717) is 24.7 Å². The van der Waals surface area contributed by atoms with Crippen molar-refractivity contribution in [3.8, 4) is 11.5 Å². The fourth-order valence-corrected chi connectivity index (χ4v) is 6.40. The molecule has 4 bridgehead atoms. The van der Waals surface area contributed by atoms with Crippen LogP contribution in [-0.4, -0.2) is 19.3 Å². The summed E-state index contributed by atoms with van der Waals surface area (Å²) in [5, 5.41) is 3.88. The van der Waals surface area contributed by atoms with Crippen LogP contribution in [0.1, 0.15) is 64.9 Å². The van der Waals surface area contributed by atoms with Crippen molar-refractivity contribution in [3.05, 3.63) is 23.8 Å². The summed E-state index contributed by atoms with van der Waals surface area (Å²) < 4.78 is 11.5. The summed E-state index contributed by atoms with van der Waals surface area (Å²) in [7, 11) is 0. The molecule has 1 aromatic carbocycles. The highest BCUT2D eigenvalue weighted by molar-refractivity contribution is 5.43. The van der Waals surface area contributed by atoms with Crippen molar-refractivity contribution in [1.82, 2.24) is 5.32 Å². The van der Waals surface area contributed by atoms with Gasteiger partial charge in [-0.15, -0.1) is 0 Å². The smallest absolute Gasteiger partial charge is 0.161 e. The molecule has 0 unspecified atom stereocenters. The fraction of sp³-hybridized carbons (Fsp3) is 0.739. The highest BCUT2D eigenvalue weighted by Gasteiger charge is 2.52. The maximum atomic E-state index is 5.78. The monoisotopic (exact) mass is 357 g/mol. The third-order valence-electron chi connectivity index (χ3n) is 7.22. The van der Waals surface area contributed by atoms with Crippen LogP contribution in [0, 0.1) is 23.2 Å². The van der Waals surface area contributed by atoms with E-state index in [2.05, 4.69) is 30.4 Å². The topological polar surface area (TPSA) is 30.5 Å². The van der Waals surface area contributed by atoms with Crippen LogP contribution in [0.15, 0.2) is 18.2 Å². The molecule has 4 fully saturated rings. The van der Waals surface area contributed by atoms with Crippen molar-refractivity contribution in [2.24, 2.45) is 23.2 Å². The first-order valence-corrected chi connectivity index (χ1v) is 10.7. The van der Waals surface area contributed by atoms with E-state index in [1.807, 2.05) is 13.8 Å². The van der Waals surface area contributed by atoms with Crippen molar-refractivity contribution in [2.45, 2.75) is 71.9 Å². The van der Waals surface area contributed by atoms with Crippen LogP contribution in [-0.2, 0) is 6.54 Å². The van der Waals surface area contributed by atoms with E-state index in [1.165, 1.54) is 44.1 Å². The lowest BCUT2D eigenvalue weighted by Gasteiger charge is -2.59. The molecule has 4 saturated carbocycles. The van der Waals surface area contributed by atoms with Gasteiger partial charge in [-0.1, -0.05) is 6.07 Å². The quantitative estimate of drug-likeness (QED) is 0.695. The van der Waals surface area contributed by atoms with E-state index >= 15 is 0 Å². The number of nitrogens with one attached hydrogen (secondary N) is 1. The van der Waals surface area contributed by atoms with Crippen molar-refractivity contribution in [3.63, 3.8) is 0 Å². The molecule has 26 heavy (non-hydrogen) atoms. The van der Waals surface area contributed by atoms with Gasteiger partial charge in [-0.2, -0.15) is 0 Å². The SMILES string of the molecule is CCOc1ccc(CN[C@@H](C)C23CC4CC(CC(C4)C2)C3)cc1OCC. The van der Waals surface area contributed by atoms with Gasteiger partial charge in [-0.3, -0.25) is 0 Å². The third kappa shape index (κ3) is 3.47. The van der Waals surface area contributed by atoms with E-state index < -0.39 is 0 Å². The summed E-state index contributed by atoms with van der Waals surface area (Å²) in [5.41, 5.74) is 1.84. The maximum Gasteiger partial charge on any atom is 0.161 e. The Morgan fingerprint density at radius 2 is 1.54 bits per heavy atom. The van der Waals surface area contributed by atoms with Crippen LogP contribution in [0.5, 0.6) is 11.5 Å². The van der Waals surface area contributed by atoms with Crippen LogP contribution < -0.4 is 14.8 Å². The summed E-state index contributed by atoms with van der Waals surface area (Å²) in [6.07, 6.45) is 8.93. The minimum Gasteiger partial charge on any atom is -0.490 e. The zero-order valence-electron chi connectivity index (χ0n) is 16.7. The lowest BCUT2D eigenvalue weighted by Crippen LogP contribution is -2.54. The predicted octanol–water partition coefficient (Wildman–Crippen LogP) is 5.18. The minimum absolute atomic E-state index is 0.558. The number of hydrogen-bond acceptors (Lipinski definition) is 3. The number of hydrogen-bond donors (Lipinski definition) is 1. The van der Waals surface area contributed by atoms with Crippen molar-refractivity contribution in [2.75, 3.05) is 13.2 Å². The fourth-order valence-electron chi connectivity index (χ4n) is 6.40. The average Bonchev–Trinajstić information content (AvgIpc) is 2.61. The Kier molecular flexibility index (Phi) is 5.18. The van der Waals surface area contributed by atoms with Crippen molar-refractivity contribution in [1.29, 1.82) is 0 Å². The normalized spacial score (nSPS) is 33.3. The molecule has 0 saturated heterocycles. The van der Waals surface area contributed by atoms with Crippen molar-refractivity contribution >= 4 is 0 Å². The maximum absolute atomic E-state index is 5.78. The second-order valence-electron chi connectivity index (χ2n) is 9.03. The minimum atomic E-state index is 0.558. The molecule has 1 atom stereocenters. The van der Waals surface area contributed by atoms with E-state index in [4.69, 9.17) is 9.47 Å². The molecule has 3 nitrogen and oxygen atoms in total. The van der Waals surface area contributed by atoms with Gasteiger partial charge >= 0.3 is 0 Å². The second kappa shape index (κ2) is 7.42. The Labute approximate surface area is 158 Å². The first-order chi connectivity index (χ1) is 12.6. The van der Waals surface area contributed by atoms with Gasteiger partial charge in [0.2, 0.25) is 0 Å². The average molecular weight is 358 g/mol. The largest absolute Gasteiger partial charge is 0.490 e. The third-order valence-corrected chi connectivity index (χ3v) is 7.22. The number of rotatable bonds is 8. The molecule has 3 heteroatoms. The number of benzene rings is 1. The highest BCUT2D eigenvalue weighted by Crippen LogP contribution is 2.61. The van der Waals surface area contributed by atoms with Gasteiger partial charge in [-0.05, 0) is 100 Å². The van der Waals surface area contributed by atoms with Crippen LogP contribution in [0.3, 0.4) is 0 Å². The molecule has 0 amide bonds. The molecule has 1 aromatic rings. The molecule has 4 aliphatic carbocycles. The van der Waals surface area contributed by atoms with Gasteiger partial charge in [0.15, 0.2) is 11.5 Å². The summed E-state index contributed by atoms with van der Waals surface area (Å²) in [5.74, 6) is 4.77. The molecule has 0 aliphatic heterocycles. The molecule has 0 radical (unpaired) electrons. The van der Waals surface area contributed by atoms with Gasteiger partial charge in [0.25, 0.3) is 0 Å².